The number of carbonyl (C=O) groups is 2. The predicted octanol–water partition coefficient (Wildman–Crippen LogP) is 6.35. The lowest BCUT2D eigenvalue weighted by Gasteiger charge is -2.32. The van der Waals surface area contributed by atoms with Crippen molar-refractivity contribution in [1.82, 2.24) is 10.2 Å². The number of benzene rings is 3. The van der Waals surface area contributed by atoms with Crippen LogP contribution in [0, 0.1) is 6.92 Å². The van der Waals surface area contributed by atoms with Gasteiger partial charge in [-0.25, -0.2) is 0 Å². The first-order chi connectivity index (χ1) is 17.4. The highest BCUT2D eigenvalue weighted by Gasteiger charge is 2.31. The van der Waals surface area contributed by atoms with Crippen molar-refractivity contribution in [2.24, 2.45) is 0 Å². The second-order valence-electron chi connectivity index (χ2n) is 8.66. The quantitative estimate of drug-likeness (QED) is 0.258. The fourth-order valence-electron chi connectivity index (χ4n) is 3.85. The highest BCUT2D eigenvalue weighted by Crippen LogP contribution is 2.28. The standard InChI is InChI=1S/C29H32BrClN2O3/c1-3-4-16-32-29(35)26(17-22-11-6-5-7-12-22)33(19-23-13-9-8-10-21(23)2)28(34)20-36-27-15-14-24(30)18-25(27)31/h5-15,18,26H,3-4,16-17,19-20H2,1-2H3,(H,32,35)/t26-/m1/s1. The summed E-state index contributed by atoms with van der Waals surface area (Å²) in [7, 11) is 0. The largest absolute Gasteiger partial charge is 0.482 e. The van der Waals surface area contributed by atoms with Crippen LogP contribution in [0.1, 0.15) is 36.5 Å². The van der Waals surface area contributed by atoms with Gasteiger partial charge in [0.2, 0.25) is 5.91 Å². The maximum atomic E-state index is 13.6. The summed E-state index contributed by atoms with van der Waals surface area (Å²) in [4.78, 5) is 28.7. The molecule has 0 unspecified atom stereocenters. The lowest BCUT2D eigenvalue weighted by atomic mass is 10.0. The summed E-state index contributed by atoms with van der Waals surface area (Å²) >= 11 is 9.67. The molecule has 190 valence electrons. The zero-order chi connectivity index (χ0) is 25.9. The number of halogens is 2. The molecule has 2 amide bonds. The van der Waals surface area contributed by atoms with Crippen molar-refractivity contribution in [2.45, 2.75) is 45.7 Å². The van der Waals surface area contributed by atoms with E-state index >= 15 is 0 Å². The molecule has 0 aliphatic heterocycles. The van der Waals surface area contributed by atoms with Crippen LogP contribution in [0.3, 0.4) is 0 Å². The Morgan fingerprint density at radius 2 is 1.78 bits per heavy atom. The molecule has 0 fully saturated rings. The number of nitrogens with zero attached hydrogens (tertiary/aromatic N) is 1. The summed E-state index contributed by atoms with van der Waals surface area (Å²) in [6.07, 6.45) is 2.24. The van der Waals surface area contributed by atoms with E-state index in [-0.39, 0.29) is 18.4 Å². The molecule has 0 bridgehead atoms. The van der Waals surface area contributed by atoms with E-state index in [2.05, 4.69) is 28.2 Å². The lowest BCUT2D eigenvalue weighted by molar-refractivity contribution is -0.142. The van der Waals surface area contributed by atoms with Crippen molar-refractivity contribution in [3.8, 4) is 5.75 Å². The Morgan fingerprint density at radius 3 is 2.47 bits per heavy atom. The molecule has 3 aromatic carbocycles. The van der Waals surface area contributed by atoms with Crippen LogP contribution in [0.4, 0.5) is 0 Å². The third kappa shape index (κ3) is 8.10. The van der Waals surface area contributed by atoms with Crippen molar-refractivity contribution in [1.29, 1.82) is 0 Å². The predicted molar refractivity (Wildman–Crippen MR) is 148 cm³/mol. The summed E-state index contributed by atoms with van der Waals surface area (Å²) in [5, 5.41) is 3.43. The Morgan fingerprint density at radius 1 is 1.06 bits per heavy atom. The second-order valence-corrected chi connectivity index (χ2v) is 9.98. The maximum absolute atomic E-state index is 13.6. The number of unbranched alkanes of at least 4 members (excludes halogenated alkanes) is 1. The highest BCUT2D eigenvalue weighted by atomic mass is 79.9. The van der Waals surface area contributed by atoms with Crippen molar-refractivity contribution >= 4 is 39.3 Å². The van der Waals surface area contributed by atoms with Gasteiger partial charge in [-0.2, -0.15) is 0 Å². The number of aryl methyl sites for hydroxylation is 1. The lowest BCUT2D eigenvalue weighted by Crippen LogP contribution is -2.52. The number of ether oxygens (including phenoxy) is 1. The monoisotopic (exact) mass is 570 g/mol. The van der Waals surface area contributed by atoms with Crippen LogP contribution in [0.5, 0.6) is 5.75 Å². The number of hydrogen-bond acceptors (Lipinski definition) is 3. The molecule has 0 aromatic heterocycles. The topological polar surface area (TPSA) is 58.6 Å². The Balaban J connectivity index is 1.90. The summed E-state index contributed by atoms with van der Waals surface area (Å²) in [5.74, 6) is -0.0456. The minimum Gasteiger partial charge on any atom is -0.482 e. The number of carbonyl (C=O) groups excluding carboxylic acids is 2. The van der Waals surface area contributed by atoms with Crippen LogP contribution < -0.4 is 10.1 Å². The van der Waals surface area contributed by atoms with Crippen LogP contribution in [0.15, 0.2) is 77.3 Å². The summed E-state index contributed by atoms with van der Waals surface area (Å²) < 4.78 is 6.62. The number of rotatable bonds is 12. The maximum Gasteiger partial charge on any atom is 0.261 e. The summed E-state index contributed by atoms with van der Waals surface area (Å²) in [6.45, 7) is 4.70. The number of amides is 2. The van der Waals surface area contributed by atoms with Crippen LogP contribution in [0.2, 0.25) is 5.02 Å². The Bertz CT molecular complexity index is 1160. The molecule has 0 radical (unpaired) electrons. The Kier molecular flexibility index (Phi) is 10.8. The molecule has 3 aromatic rings. The van der Waals surface area contributed by atoms with E-state index in [0.29, 0.717) is 30.3 Å². The van der Waals surface area contributed by atoms with E-state index in [4.69, 9.17) is 16.3 Å². The van der Waals surface area contributed by atoms with Gasteiger partial charge < -0.3 is 15.0 Å². The van der Waals surface area contributed by atoms with Crippen molar-refractivity contribution < 1.29 is 14.3 Å². The molecule has 0 saturated heterocycles. The zero-order valence-corrected chi connectivity index (χ0v) is 23.0. The molecule has 0 aliphatic carbocycles. The van der Waals surface area contributed by atoms with E-state index in [1.54, 1.807) is 23.1 Å². The highest BCUT2D eigenvalue weighted by molar-refractivity contribution is 9.10. The van der Waals surface area contributed by atoms with E-state index in [9.17, 15) is 9.59 Å². The van der Waals surface area contributed by atoms with Gasteiger partial charge in [0.05, 0.1) is 5.02 Å². The zero-order valence-electron chi connectivity index (χ0n) is 20.7. The van der Waals surface area contributed by atoms with Gasteiger partial charge in [-0.05, 0) is 48.2 Å². The molecule has 0 heterocycles. The fourth-order valence-corrected chi connectivity index (χ4v) is 4.57. The minimum absolute atomic E-state index is 0.170. The van der Waals surface area contributed by atoms with Crippen molar-refractivity contribution in [2.75, 3.05) is 13.2 Å². The van der Waals surface area contributed by atoms with Gasteiger partial charge in [0.1, 0.15) is 11.8 Å². The molecular weight excluding hydrogens is 540 g/mol. The van der Waals surface area contributed by atoms with E-state index in [0.717, 1.165) is 34.0 Å². The van der Waals surface area contributed by atoms with E-state index < -0.39 is 6.04 Å². The van der Waals surface area contributed by atoms with Crippen LogP contribution >= 0.6 is 27.5 Å². The number of nitrogens with one attached hydrogen (secondary N) is 1. The molecule has 3 rings (SSSR count). The summed E-state index contributed by atoms with van der Waals surface area (Å²) in [6, 6.07) is 22.2. The second kappa shape index (κ2) is 14.0. The average molecular weight is 572 g/mol. The average Bonchev–Trinajstić information content (AvgIpc) is 2.87. The molecule has 0 spiro atoms. The third-order valence-electron chi connectivity index (χ3n) is 5.95. The Hall–Kier alpha value is -2.83. The van der Waals surface area contributed by atoms with Gasteiger partial charge in [0, 0.05) is 24.0 Å². The number of hydrogen-bond donors (Lipinski definition) is 1. The molecule has 0 aliphatic rings. The minimum atomic E-state index is -0.694. The van der Waals surface area contributed by atoms with Gasteiger partial charge in [-0.3, -0.25) is 9.59 Å². The molecule has 7 heteroatoms. The SMILES string of the molecule is CCCCNC(=O)[C@@H](Cc1ccccc1)N(Cc1ccccc1C)C(=O)COc1ccc(Br)cc1Cl. The molecule has 5 nitrogen and oxygen atoms in total. The smallest absolute Gasteiger partial charge is 0.261 e. The Labute approximate surface area is 226 Å². The van der Waals surface area contributed by atoms with E-state index in [1.165, 1.54) is 0 Å². The summed E-state index contributed by atoms with van der Waals surface area (Å²) in [5.41, 5.74) is 3.01. The molecule has 1 N–H and O–H groups in total. The van der Waals surface area contributed by atoms with Gasteiger partial charge in [0.25, 0.3) is 5.91 Å². The van der Waals surface area contributed by atoms with Crippen LogP contribution in [0.25, 0.3) is 0 Å². The van der Waals surface area contributed by atoms with Crippen molar-refractivity contribution in [3.63, 3.8) is 0 Å². The van der Waals surface area contributed by atoms with Crippen LogP contribution in [-0.4, -0.2) is 35.9 Å². The van der Waals surface area contributed by atoms with E-state index in [1.807, 2.05) is 61.5 Å². The van der Waals surface area contributed by atoms with Gasteiger partial charge in [-0.15, -0.1) is 0 Å². The first-order valence-corrected chi connectivity index (χ1v) is 13.3. The first-order valence-electron chi connectivity index (χ1n) is 12.1. The first kappa shape index (κ1) is 27.8. The normalized spacial score (nSPS) is 11.6. The molecule has 0 saturated carbocycles. The van der Waals surface area contributed by atoms with Gasteiger partial charge >= 0.3 is 0 Å². The molecule has 36 heavy (non-hydrogen) atoms. The third-order valence-corrected chi connectivity index (χ3v) is 6.74. The van der Waals surface area contributed by atoms with Gasteiger partial charge in [0.15, 0.2) is 6.61 Å². The molecule has 1 atom stereocenters. The van der Waals surface area contributed by atoms with Crippen LogP contribution in [-0.2, 0) is 22.6 Å². The van der Waals surface area contributed by atoms with Gasteiger partial charge in [-0.1, -0.05) is 95.5 Å². The van der Waals surface area contributed by atoms with Crippen molar-refractivity contribution in [3.05, 3.63) is 99.0 Å². The fraction of sp³-hybridized carbons (Fsp3) is 0.310. The molecular formula is C29H32BrClN2O3.